The van der Waals surface area contributed by atoms with Crippen LogP contribution < -0.4 is 5.32 Å². The lowest BCUT2D eigenvalue weighted by atomic mass is 9.94. The number of anilines is 2. The lowest BCUT2D eigenvalue weighted by molar-refractivity contribution is 0.0601. The second kappa shape index (κ2) is 7.58. The Kier molecular flexibility index (Phi) is 4.83. The van der Waals surface area contributed by atoms with Crippen molar-refractivity contribution < 1.29 is 9.53 Å². The minimum absolute atomic E-state index is 0.346. The Labute approximate surface area is 158 Å². The number of allylic oxidation sites excluding steroid dienone is 2. The van der Waals surface area contributed by atoms with E-state index in [-0.39, 0.29) is 5.97 Å². The van der Waals surface area contributed by atoms with Gasteiger partial charge in [-0.15, -0.1) is 0 Å². The molecule has 4 rings (SSSR count). The van der Waals surface area contributed by atoms with E-state index < -0.39 is 0 Å². The maximum Gasteiger partial charge on any atom is 0.337 e. The van der Waals surface area contributed by atoms with E-state index in [1.165, 1.54) is 25.5 Å². The summed E-state index contributed by atoms with van der Waals surface area (Å²) in [7, 11) is 1.38. The normalized spacial score (nSPS) is 13.9. The van der Waals surface area contributed by atoms with Crippen molar-refractivity contribution in [3.63, 3.8) is 0 Å². The fraction of sp³-hybridized carbons (Fsp3) is 0.227. The Hall–Kier alpha value is -3.21. The second-order valence-electron chi connectivity index (χ2n) is 6.62. The van der Waals surface area contributed by atoms with Crippen LogP contribution in [-0.4, -0.2) is 23.0 Å². The SMILES string of the molecule is COC(=O)c1ccc(Nc2cc3c(C4=CCCCC4)nccc3cn2)cc1. The Bertz CT molecular complexity index is 1010. The van der Waals surface area contributed by atoms with Gasteiger partial charge in [0.05, 0.1) is 18.4 Å². The Morgan fingerprint density at radius 3 is 2.70 bits per heavy atom. The van der Waals surface area contributed by atoms with Gasteiger partial charge >= 0.3 is 5.97 Å². The molecule has 5 heteroatoms. The standard InChI is InChI=1S/C22H21N3O2/c1-27-22(26)16-7-9-18(10-8-16)25-20-13-19-17(14-24-20)11-12-23-21(19)15-5-3-2-4-6-15/h5,7-14H,2-4,6H2,1H3,(H,24,25). The molecule has 1 N–H and O–H groups in total. The molecule has 2 heterocycles. The fourth-order valence-electron chi connectivity index (χ4n) is 3.40. The Morgan fingerprint density at radius 1 is 1.11 bits per heavy atom. The number of nitrogens with zero attached hydrogens (tertiary/aromatic N) is 2. The molecule has 0 atom stereocenters. The molecule has 0 saturated carbocycles. The summed E-state index contributed by atoms with van der Waals surface area (Å²) in [6.45, 7) is 0. The number of hydrogen-bond donors (Lipinski definition) is 1. The quantitative estimate of drug-likeness (QED) is 0.655. The van der Waals surface area contributed by atoms with Gasteiger partial charge in [-0.1, -0.05) is 6.08 Å². The van der Waals surface area contributed by atoms with E-state index in [4.69, 9.17) is 4.74 Å². The summed E-state index contributed by atoms with van der Waals surface area (Å²) in [5.74, 6) is 0.404. The van der Waals surface area contributed by atoms with E-state index in [0.29, 0.717) is 5.56 Å². The average Bonchev–Trinajstić information content (AvgIpc) is 2.74. The van der Waals surface area contributed by atoms with Gasteiger partial charge in [0, 0.05) is 28.9 Å². The first-order valence-corrected chi connectivity index (χ1v) is 9.14. The number of fused-ring (bicyclic) bond motifs is 1. The number of carbonyl (C=O) groups is 1. The fourth-order valence-corrected chi connectivity index (χ4v) is 3.40. The van der Waals surface area contributed by atoms with E-state index >= 15 is 0 Å². The predicted molar refractivity (Wildman–Crippen MR) is 107 cm³/mol. The monoisotopic (exact) mass is 359 g/mol. The Balaban J connectivity index is 1.65. The zero-order valence-corrected chi connectivity index (χ0v) is 15.2. The molecule has 1 aromatic carbocycles. The molecule has 5 nitrogen and oxygen atoms in total. The lowest BCUT2D eigenvalue weighted by Gasteiger charge is -2.15. The summed E-state index contributed by atoms with van der Waals surface area (Å²) in [5.41, 5.74) is 3.76. The van der Waals surface area contributed by atoms with Gasteiger partial charge in [-0.2, -0.15) is 0 Å². The van der Waals surface area contributed by atoms with Gasteiger partial charge in [0.1, 0.15) is 5.82 Å². The first-order valence-electron chi connectivity index (χ1n) is 9.14. The summed E-state index contributed by atoms with van der Waals surface area (Å²) >= 11 is 0. The molecule has 1 aliphatic rings. The molecular weight excluding hydrogens is 338 g/mol. The van der Waals surface area contributed by atoms with Gasteiger partial charge in [0.15, 0.2) is 0 Å². The first kappa shape index (κ1) is 17.2. The van der Waals surface area contributed by atoms with E-state index in [9.17, 15) is 4.79 Å². The first-order chi connectivity index (χ1) is 13.2. The van der Waals surface area contributed by atoms with E-state index in [0.717, 1.165) is 40.8 Å². The minimum atomic E-state index is -0.346. The maximum atomic E-state index is 11.6. The van der Waals surface area contributed by atoms with Gasteiger partial charge in [-0.05, 0) is 67.7 Å². The third kappa shape index (κ3) is 3.67. The molecule has 2 aromatic heterocycles. The van der Waals surface area contributed by atoms with Crippen LogP contribution in [0.15, 0.2) is 54.9 Å². The molecule has 1 aliphatic carbocycles. The number of esters is 1. The molecular formula is C22H21N3O2. The highest BCUT2D eigenvalue weighted by Gasteiger charge is 2.12. The number of rotatable bonds is 4. The Morgan fingerprint density at radius 2 is 1.96 bits per heavy atom. The third-order valence-corrected chi connectivity index (χ3v) is 4.82. The van der Waals surface area contributed by atoms with Gasteiger partial charge < -0.3 is 10.1 Å². The summed E-state index contributed by atoms with van der Waals surface area (Å²) < 4.78 is 4.73. The van der Waals surface area contributed by atoms with Gasteiger partial charge in [0.25, 0.3) is 0 Å². The highest BCUT2D eigenvalue weighted by atomic mass is 16.5. The third-order valence-electron chi connectivity index (χ3n) is 4.82. The summed E-state index contributed by atoms with van der Waals surface area (Å²) in [5, 5.41) is 5.49. The highest BCUT2D eigenvalue weighted by Crippen LogP contribution is 2.31. The lowest BCUT2D eigenvalue weighted by Crippen LogP contribution is -2.01. The maximum absolute atomic E-state index is 11.6. The van der Waals surface area contributed by atoms with Crippen LogP contribution in [0.3, 0.4) is 0 Å². The van der Waals surface area contributed by atoms with Crippen LogP contribution in [0, 0.1) is 0 Å². The topological polar surface area (TPSA) is 64.1 Å². The van der Waals surface area contributed by atoms with Crippen molar-refractivity contribution in [1.29, 1.82) is 0 Å². The van der Waals surface area contributed by atoms with E-state index in [2.05, 4.69) is 21.4 Å². The molecule has 0 amide bonds. The number of aromatic nitrogens is 2. The molecule has 0 aliphatic heterocycles. The zero-order chi connectivity index (χ0) is 18.6. The van der Waals surface area contributed by atoms with Crippen LogP contribution >= 0.6 is 0 Å². The predicted octanol–water partition coefficient (Wildman–Crippen LogP) is 5.12. The summed E-state index contributed by atoms with van der Waals surface area (Å²) in [4.78, 5) is 20.7. The van der Waals surface area contributed by atoms with E-state index in [1.807, 2.05) is 36.7 Å². The van der Waals surface area contributed by atoms with Gasteiger partial charge in [-0.25, -0.2) is 9.78 Å². The number of ether oxygens (including phenoxy) is 1. The van der Waals surface area contributed by atoms with Crippen molar-refractivity contribution in [2.24, 2.45) is 0 Å². The molecule has 27 heavy (non-hydrogen) atoms. The molecule has 0 bridgehead atoms. The van der Waals surface area contributed by atoms with Crippen LogP contribution in [0.2, 0.25) is 0 Å². The van der Waals surface area contributed by atoms with Crippen molar-refractivity contribution in [3.05, 3.63) is 66.1 Å². The van der Waals surface area contributed by atoms with Crippen molar-refractivity contribution in [3.8, 4) is 0 Å². The molecule has 0 saturated heterocycles. The number of hydrogen-bond acceptors (Lipinski definition) is 5. The van der Waals surface area contributed by atoms with Gasteiger partial charge in [-0.3, -0.25) is 4.98 Å². The number of nitrogens with one attached hydrogen (secondary N) is 1. The molecule has 0 spiro atoms. The molecule has 136 valence electrons. The van der Waals surface area contributed by atoms with Crippen LogP contribution in [0.1, 0.15) is 41.7 Å². The van der Waals surface area contributed by atoms with Crippen LogP contribution in [0.4, 0.5) is 11.5 Å². The smallest absolute Gasteiger partial charge is 0.337 e. The summed E-state index contributed by atoms with van der Waals surface area (Å²) in [6, 6.07) is 11.2. The molecule has 0 unspecified atom stereocenters. The van der Waals surface area contributed by atoms with Crippen molar-refractivity contribution in [2.45, 2.75) is 25.7 Å². The number of benzene rings is 1. The van der Waals surface area contributed by atoms with Crippen molar-refractivity contribution >= 4 is 33.8 Å². The largest absolute Gasteiger partial charge is 0.465 e. The molecule has 0 fully saturated rings. The number of methoxy groups -OCH3 is 1. The highest BCUT2D eigenvalue weighted by molar-refractivity contribution is 5.93. The van der Waals surface area contributed by atoms with Crippen LogP contribution in [0.25, 0.3) is 16.3 Å². The molecule has 3 aromatic rings. The van der Waals surface area contributed by atoms with Crippen molar-refractivity contribution in [1.82, 2.24) is 9.97 Å². The van der Waals surface area contributed by atoms with Crippen LogP contribution in [0.5, 0.6) is 0 Å². The average molecular weight is 359 g/mol. The van der Waals surface area contributed by atoms with Crippen molar-refractivity contribution in [2.75, 3.05) is 12.4 Å². The van der Waals surface area contributed by atoms with Gasteiger partial charge in [0.2, 0.25) is 0 Å². The number of carbonyl (C=O) groups excluding carboxylic acids is 1. The number of pyridine rings is 2. The minimum Gasteiger partial charge on any atom is -0.465 e. The van der Waals surface area contributed by atoms with Crippen LogP contribution in [-0.2, 0) is 4.74 Å². The van der Waals surface area contributed by atoms with E-state index in [1.54, 1.807) is 12.1 Å². The zero-order valence-electron chi connectivity index (χ0n) is 15.2. The molecule has 0 radical (unpaired) electrons. The summed E-state index contributed by atoms with van der Waals surface area (Å²) in [6.07, 6.45) is 10.7. The second-order valence-corrected chi connectivity index (χ2v) is 6.62.